The van der Waals surface area contributed by atoms with E-state index in [1.54, 1.807) is 0 Å². The van der Waals surface area contributed by atoms with E-state index in [4.69, 9.17) is 0 Å². The minimum atomic E-state index is 0.359. The maximum Gasteiger partial charge on any atom is 0.0303 e. The predicted octanol–water partition coefficient (Wildman–Crippen LogP) is 2.15. The summed E-state index contributed by atoms with van der Waals surface area (Å²) in [6, 6.07) is 0.670. The molecule has 0 aromatic carbocycles. The van der Waals surface area contributed by atoms with Gasteiger partial charge in [0.2, 0.25) is 0 Å². The van der Waals surface area contributed by atoms with Crippen LogP contribution in [0.1, 0.15) is 47.0 Å². The van der Waals surface area contributed by atoms with Gasteiger partial charge in [-0.05, 0) is 25.2 Å². The lowest BCUT2D eigenvalue weighted by atomic mass is 9.87. The van der Waals surface area contributed by atoms with Gasteiger partial charge in [0.15, 0.2) is 0 Å². The molecule has 1 rings (SSSR count). The van der Waals surface area contributed by atoms with E-state index in [1.165, 1.54) is 19.3 Å². The van der Waals surface area contributed by atoms with Crippen LogP contribution in [0.4, 0.5) is 0 Å². The lowest BCUT2D eigenvalue weighted by molar-refractivity contribution is 0.194. The molecule has 0 spiro atoms. The molecule has 2 heteroatoms. The second-order valence-electron chi connectivity index (χ2n) is 5.09. The van der Waals surface area contributed by atoms with E-state index in [1.807, 2.05) is 0 Å². The lowest BCUT2D eigenvalue weighted by Crippen LogP contribution is -2.63. The minimum Gasteiger partial charge on any atom is -0.313 e. The van der Waals surface area contributed by atoms with E-state index < -0.39 is 0 Å². The van der Waals surface area contributed by atoms with Crippen LogP contribution in [0.5, 0.6) is 0 Å². The fraction of sp³-hybridized carbons (Fsp3) is 1.00. The first-order valence-electron chi connectivity index (χ1n) is 6.10. The highest BCUT2D eigenvalue weighted by Crippen LogP contribution is 2.20. The SMILES string of the molecule is CCC1(CC)CNC[C@@H](CC(C)C)N1. The Morgan fingerprint density at radius 3 is 2.43 bits per heavy atom. The highest BCUT2D eigenvalue weighted by molar-refractivity contribution is 4.95. The maximum atomic E-state index is 3.84. The zero-order valence-electron chi connectivity index (χ0n) is 10.2. The van der Waals surface area contributed by atoms with Gasteiger partial charge < -0.3 is 10.6 Å². The van der Waals surface area contributed by atoms with Crippen molar-refractivity contribution < 1.29 is 0 Å². The Labute approximate surface area is 88.8 Å². The van der Waals surface area contributed by atoms with Gasteiger partial charge in [-0.25, -0.2) is 0 Å². The first-order valence-corrected chi connectivity index (χ1v) is 6.10. The van der Waals surface area contributed by atoms with Crippen molar-refractivity contribution in [2.75, 3.05) is 13.1 Å². The van der Waals surface area contributed by atoms with Crippen molar-refractivity contribution in [3.63, 3.8) is 0 Å². The summed E-state index contributed by atoms with van der Waals surface area (Å²) in [6.07, 6.45) is 3.74. The van der Waals surface area contributed by atoms with E-state index in [9.17, 15) is 0 Å². The van der Waals surface area contributed by atoms with Crippen LogP contribution in [0.15, 0.2) is 0 Å². The second-order valence-corrected chi connectivity index (χ2v) is 5.09. The molecule has 1 aliphatic rings. The molecule has 84 valence electrons. The van der Waals surface area contributed by atoms with Gasteiger partial charge >= 0.3 is 0 Å². The Balaban J connectivity index is 2.49. The largest absolute Gasteiger partial charge is 0.313 e. The molecule has 1 aliphatic heterocycles. The zero-order valence-corrected chi connectivity index (χ0v) is 10.2. The average molecular weight is 198 g/mol. The van der Waals surface area contributed by atoms with Crippen LogP contribution in [0, 0.1) is 5.92 Å². The monoisotopic (exact) mass is 198 g/mol. The van der Waals surface area contributed by atoms with E-state index in [0.717, 1.165) is 19.0 Å². The van der Waals surface area contributed by atoms with Gasteiger partial charge in [0.25, 0.3) is 0 Å². The van der Waals surface area contributed by atoms with Crippen LogP contribution in [-0.2, 0) is 0 Å². The molecule has 0 unspecified atom stereocenters. The number of nitrogens with one attached hydrogen (secondary N) is 2. The molecule has 0 aromatic heterocycles. The average Bonchev–Trinajstić information content (AvgIpc) is 2.17. The van der Waals surface area contributed by atoms with Crippen molar-refractivity contribution in [2.24, 2.45) is 5.92 Å². The fourth-order valence-corrected chi connectivity index (χ4v) is 2.44. The molecule has 1 fully saturated rings. The molecule has 0 saturated carbocycles. The van der Waals surface area contributed by atoms with Crippen molar-refractivity contribution >= 4 is 0 Å². The number of hydrogen-bond donors (Lipinski definition) is 2. The first-order chi connectivity index (χ1) is 6.62. The summed E-state index contributed by atoms with van der Waals surface area (Å²) in [5.74, 6) is 0.791. The van der Waals surface area contributed by atoms with Gasteiger partial charge in [-0.15, -0.1) is 0 Å². The lowest BCUT2D eigenvalue weighted by Gasteiger charge is -2.42. The summed E-state index contributed by atoms with van der Waals surface area (Å²) in [4.78, 5) is 0. The molecule has 1 saturated heterocycles. The fourth-order valence-electron chi connectivity index (χ4n) is 2.44. The molecule has 2 N–H and O–H groups in total. The standard InChI is InChI=1S/C12H26N2/c1-5-12(6-2)9-13-8-11(14-12)7-10(3)4/h10-11,13-14H,5-9H2,1-4H3/t11-/m1/s1. The van der Waals surface area contributed by atoms with Gasteiger partial charge in [-0.3, -0.25) is 0 Å². The molecule has 1 atom stereocenters. The van der Waals surface area contributed by atoms with Crippen LogP contribution in [-0.4, -0.2) is 24.7 Å². The maximum absolute atomic E-state index is 3.84. The van der Waals surface area contributed by atoms with Gasteiger partial charge in [-0.2, -0.15) is 0 Å². The van der Waals surface area contributed by atoms with Crippen LogP contribution in [0.25, 0.3) is 0 Å². The van der Waals surface area contributed by atoms with Crippen molar-refractivity contribution in [3.8, 4) is 0 Å². The molecule has 14 heavy (non-hydrogen) atoms. The molecule has 0 bridgehead atoms. The van der Waals surface area contributed by atoms with E-state index in [0.29, 0.717) is 11.6 Å². The summed E-state index contributed by atoms with van der Waals surface area (Å²) in [5, 5.41) is 7.41. The minimum absolute atomic E-state index is 0.359. The number of rotatable bonds is 4. The normalized spacial score (nSPS) is 26.8. The van der Waals surface area contributed by atoms with E-state index in [2.05, 4.69) is 38.3 Å². The van der Waals surface area contributed by atoms with E-state index >= 15 is 0 Å². The smallest absolute Gasteiger partial charge is 0.0303 e. The third kappa shape index (κ3) is 2.96. The van der Waals surface area contributed by atoms with Gasteiger partial charge in [0.1, 0.15) is 0 Å². The van der Waals surface area contributed by atoms with Crippen molar-refractivity contribution in [3.05, 3.63) is 0 Å². The van der Waals surface area contributed by atoms with Crippen LogP contribution >= 0.6 is 0 Å². The van der Waals surface area contributed by atoms with Crippen molar-refractivity contribution in [1.29, 1.82) is 0 Å². The Bertz CT molecular complexity index is 162. The quantitative estimate of drug-likeness (QED) is 0.723. The summed E-state index contributed by atoms with van der Waals surface area (Å²) >= 11 is 0. The Morgan fingerprint density at radius 2 is 1.93 bits per heavy atom. The Kier molecular flexibility index (Phi) is 4.39. The zero-order chi connectivity index (χ0) is 10.6. The molecule has 2 nitrogen and oxygen atoms in total. The summed E-state index contributed by atoms with van der Waals surface area (Å²) in [6.45, 7) is 11.5. The summed E-state index contributed by atoms with van der Waals surface area (Å²) < 4.78 is 0. The summed E-state index contributed by atoms with van der Waals surface area (Å²) in [7, 11) is 0. The molecule has 0 amide bonds. The molecular formula is C12H26N2. The predicted molar refractivity (Wildman–Crippen MR) is 62.6 cm³/mol. The third-order valence-corrected chi connectivity index (χ3v) is 3.47. The highest BCUT2D eigenvalue weighted by Gasteiger charge is 2.32. The number of hydrogen-bond acceptors (Lipinski definition) is 2. The topological polar surface area (TPSA) is 24.1 Å². The first kappa shape index (κ1) is 12.0. The second kappa shape index (κ2) is 5.13. The molecule has 1 heterocycles. The van der Waals surface area contributed by atoms with Gasteiger partial charge in [-0.1, -0.05) is 27.7 Å². The molecule has 0 radical (unpaired) electrons. The van der Waals surface area contributed by atoms with Crippen LogP contribution in [0.2, 0.25) is 0 Å². The van der Waals surface area contributed by atoms with Gasteiger partial charge in [0.05, 0.1) is 0 Å². The highest BCUT2D eigenvalue weighted by atomic mass is 15.1. The van der Waals surface area contributed by atoms with Gasteiger partial charge in [0, 0.05) is 24.7 Å². The van der Waals surface area contributed by atoms with Crippen LogP contribution in [0.3, 0.4) is 0 Å². The number of piperazine rings is 1. The van der Waals surface area contributed by atoms with Crippen LogP contribution < -0.4 is 10.6 Å². The Morgan fingerprint density at radius 1 is 1.29 bits per heavy atom. The molecule has 0 aromatic rings. The third-order valence-electron chi connectivity index (χ3n) is 3.47. The Hall–Kier alpha value is -0.0800. The van der Waals surface area contributed by atoms with E-state index in [-0.39, 0.29) is 0 Å². The molecular weight excluding hydrogens is 172 g/mol. The molecule has 0 aliphatic carbocycles. The summed E-state index contributed by atoms with van der Waals surface area (Å²) in [5.41, 5.74) is 0.359. The van der Waals surface area contributed by atoms with Crippen molar-refractivity contribution in [2.45, 2.75) is 58.5 Å². The van der Waals surface area contributed by atoms with Crippen molar-refractivity contribution in [1.82, 2.24) is 10.6 Å².